The average Bonchev–Trinajstić information content (AvgIpc) is 3.33. The maximum absolute atomic E-state index is 7.98. The number of piperidine rings is 1. The first-order valence-corrected chi connectivity index (χ1v) is 9.82. The second-order valence-corrected chi connectivity index (χ2v) is 7.87. The molecule has 0 aliphatic carbocycles. The van der Waals surface area contributed by atoms with Crippen LogP contribution in [0.5, 0.6) is 0 Å². The zero-order valence-corrected chi connectivity index (χ0v) is 16.7. The molecule has 1 fully saturated rings. The summed E-state index contributed by atoms with van der Waals surface area (Å²) in [6.07, 6.45) is 7.99. The lowest BCUT2D eigenvalue weighted by Gasteiger charge is -2.22. The van der Waals surface area contributed by atoms with E-state index in [2.05, 4.69) is 45.3 Å². The fraction of sp³-hybridized carbons (Fsp3) is 0.450. The van der Waals surface area contributed by atoms with E-state index in [0.29, 0.717) is 11.5 Å². The molecule has 0 aromatic carbocycles. The summed E-state index contributed by atoms with van der Waals surface area (Å²) in [4.78, 5) is 0. The van der Waals surface area contributed by atoms with Crippen LogP contribution in [-0.4, -0.2) is 37.7 Å². The summed E-state index contributed by atoms with van der Waals surface area (Å²) in [5.41, 5.74) is 6.11. The number of rotatable bonds is 4. The number of hydrogen-bond acceptors (Lipinski definition) is 5. The molecular formula is C20H28N8. The number of nitrogens with two attached hydrogens (primary N) is 1. The number of aryl methyl sites for hydroxylation is 1. The van der Waals surface area contributed by atoms with Gasteiger partial charge in [0.25, 0.3) is 0 Å². The van der Waals surface area contributed by atoms with Gasteiger partial charge in [-0.2, -0.15) is 10.2 Å². The van der Waals surface area contributed by atoms with Crippen molar-refractivity contribution in [3.05, 3.63) is 41.3 Å². The van der Waals surface area contributed by atoms with Gasteiger partial charge in [-0.05, 0) is 50.4 Å². The first-order chi connectivity index (χ1) is 13.5. The molecule has 0 spiro atoms. The molecule has 8 nitrogen and oxygen atoms in total. The topological polar surface area (TPSA) is 113 Å². The molecule has 0 bridgehead atoms. The van der Waals surface area contributed by atoms with E-state index in [1.165, 1.54) is 4.68 Å². The second kappa shape index (κ2) is 7.27. The Morgan fingerprint density at radius 2 is 1.96 bits per heavy atom. The Kier molecular flexibility index (Phi) is 4.80. The number of aromatic amines is 1. The summed E-state index contributed by atoms with van der Waals surface area (Å²) in [6.45, 7) is 8.29. The van der Waals surface area contributed by atoms with Crippen molar-refractivity contribution < 1.29 is 0 Å². The van der Waals surface area contributed by atoms with Crippen LogP contribution < -0.4 is 16.6 Å². The standard InChI is InChI=1S/C20H28N8/c1-12(2)17-18(14-8-13(3)20(21)27(22)10-14)25-26-19(17)15-9-24-28(11-15)16-4-6-23-7-5-16/h8-12,16,21,23H,4-7,22H2,1-3H3,(H,25,26). The summed E-state index contributed by atoms with van der Waals surface area (Å²) in [5.74, 6) is 6.24. The molecule has 0 amide bonds. The third-order valence-electron chi connectivity index (χ3n) is 5.51. The predicted molar refractivity (Wildman–Crippen MR) is 109 cm³/mol. The van der Waals surface area contributed by atoms with Crippen LogP contribution in [0.1, 0.15) is 49.8 Å². The van der Waals surface area contributed by atoms with E-state index in [4.69, 9.17) is 11.3 Å². The number of nitrogen functional groups attached to an aromatic ring is 1. The van der Waals surface area contributed by atoms with Gasteiger partial charge >= 0.3 is 0 Å². The zero-order valence-electron chi connectivity index (χ0n) is 16.7. The molecule has 3 aromatic heterocycles. The molecule has 28 heavy (non-hydrogen) atoms. The number of pyridine rings is 1. The van der Waals surface area contributed by atoms with Gasteiger partial charge in [0.15, 0.2) is 0 Å². The van der Waals surface area contributed by atoms with Crippen LogP contribution >= 0.6 is 0 Å². The lowest BCUT2D eigenvalue weighted by atomic mass is 9.95. The van der Waals surface area contributed by atoms with Crippen molar-refractivity contribution in [2.45, 2.75) is 45.6 Å². The zero-order chi connectivity index (χ0) is 19.8. The summed E-state index contributed by atoms with van der Waals surface area (Å²) in [6, 6.07) is 2.42. The van der Waals surface area contributed by atoms with Gasteiger partial charge in [-0.3, -0.25) is 19.9 Å². The molecule has 4 rings (SSSR count). The lowest BCUT2D eigenvalue weighted by Crippen LogP contribution is -2.29. The van der Waals surface area contributed by atoms with E-state index in [-0.39, 0.29) is 5.92 Å². The summed E-state index contributed by atoms with van der Waals surface area (Å²) in [5, 5.41) is 23.8. The summed E-state index contributed by atoms with van der Waals surface area (Å²) >= 11 is 0. The van der Waals surface area contributed by atoms with Crippen LogP contribution in [0.25, 0.3) is 22.5 Å². The van der Waals surface area contributed by atoms with E-state index in [9.17, 15) is 0 Å². The van der Waals surface area contributed by atoms with Crippen molar-refractivity contribution in [3.8, 4) is 22.5 Å². The van der Waals surface area contributed by atoms with Crippen molar-refractivity contribution in [2.75, 3.05) is 18.9 Å². The Hall–Kier alpha value is -2.87. The van der Waals surface area contributed by atoms with Crippen LogP contribution in [0, 0.1) is 12.3 Å². The first-order valence-electron chi connectivity index (χ1n) is 9.82. The highest BCUT2D eigenvalue weighted by Crippen LogP contribution is 2.35. The molecule has 0 unspecified atom stereocenters. The van der Waals surface area contributed by atoms with Gasteiger partial charge < -0.3 is 11.2 Å². The van der Waals surface area contributed by atoms with Crippen LogP contribution in [-0.2, 0) is 0 Å². The van der Waals surface area contributed by atoms with Crippen LogP contribution in [0.2, 0.25) is 0 Å². The van der Waals surface area contributed by atoms with Crippen molar-refractivity contribution >= 4 is 0 Å². The summed E-state index contributed by atoms with van der Waals surface area (Å²) < 4.78 is 3.44. The molecule has 1 aliphatic heterocycles. The van der Waals surface area contributed by atoms with Gasteiger partial charge in [-0.15, -0.1) is 0 Å². The molecular weight excluding hydrogens is 352 g/mol. The molecule has 0 radical (unpaired) electrons. The van der Waals surface area contributed by atoms with Crippen LogP contribution in [0.15, 0.2) is 24.7 Å². The molecule has 3 aromatic rings. The van der Waals surface area contributed by atoms with Gasteiger partial charge in [0.1, 0.15) is 5.49 Å². The normalized spacial score (nSPS) is 15.4. The average molecular weight is 381 g/mol. The number of nitrogens with one attached hydrogen (secondary N) is 3. The smallest absolute Gasteiger partial charge is 0.146 e. The van der Waals surface area contributed by atoms with Gasteiger partial charge in [-0.1, -0.05) is 13.8 Å². The second-order valence-electron chi connectivity index (χ2n) is 7.87. The van der Waals surface area contributed by atoms with E-state index in [0.717, 1.165) is 59.6 Å². The van der Waals surface area contributed by atoms with Crippen molar-refractivity contribution in [1.29, 1.82) is 5.41 Å². The predicted octanol–water partition coefficient (Wildman–Crippen LogP) is 2.29. The Bertz CT molecular complexity index is 1010. The highest BCUT2D eigenvalue weighted by molar-refractivity contribution is 5.74. The van der Waals surface area contributed by atoms with E-state index in [1.54, 1.807) is 6.20 Å². The maximum atomic E-state index is 7.98. The fourth-order valence-corrected chi connectivity index (χ4v) is 3.98. The number of nitrogens with zero attached hydrogens (tertiary/aromatic N) is 4. The van der Waals surface area contributed by atoms with Gasteiger partial charge in [0.05, 0.1) is 23.6 Å². The molecule has 4 heterocycles. The molecule has 5 N–H and O–H groups in total. The Balaban J connectivity index is 1.76. The minimum atomic E-state index is 0.271. The maximum Gasteiger partial charge on any atom is 0.146 e. The Morgan fingerprint density at radius 3 is 2.64 bits per heavy atom. The van der Waals surface area contributed by atoms with Crippen molar-refractivity contribution in [1.82, 2.24) is 30.0 Å². The van der Waals surface area contributed by atoms with Gasteiger partial charge in [0.2, 0.25) is 0 Å². The lowest BCUT2D eigenvalue weighted by molar-refractivity contribution is 0.343. The van der Waals surface area contributed by atoms with E-state index in [1.807, 2.05) is 19.2 Å². The van der Waals surface area contributed by atoms with E-state index >= 15 is 0 Å². The van der Waals surface area contributed by atoms with Gasteiger partial charge in [0, 0.05) is 29.1 Å². The summed E-state index contributed by atoms with van der Waals surface area (Å²) in [7, 11) is 0. The van der Waals surface area contributed by atoms with Crippen LogP contribution in [0.3, 0.4) is 0 Å². The molecule has 148 valence electrons. The highest BCUT2D eigenvalue weighted by Gasteiger charge is 2.22. The Morgan fingerprint density at radius 1 is 1.21 bits per heavy atom. The molecule has 0 atom stereocenters. The number of aromatic nitrogens is 5. The monoisotopic (exact) mass is 380 g/mol. The van der Waals surface area contributed by atoms with E-state index < -0.39 is 0 Å². The molecule has 0 saturated carbocycles. The molecule has 8 heteroatoms. The molecule has 1 saturated heterocycles. The minimum absolute atomic E-state index is 0.271. The Labute approximate surface area is 164 Å². The first kappa shape index (κ1) is 18.5. The fourth-order valence-electron chi connectivity index (χ4n) is 3.98. The minimum Gasteiger partial charge on any atom is -0.338 e. The van der Waals surface area contributed by atoms with Gasteiger partial charge in [-0.25, -0.2) is 0 Å². The number of hydrogen-bond donors (Lipinski definition) is 4. The highest BCUT2D eigenvalue weighted by atomic mass is 15.3. The van der Waals surface area contributed by atoms with Crippen molar-refractivity contribution in [2.24, 2.45) is 0 Å². The van der Waals surface area contributed by atoms with Crippen molar-refractivity contribution in [3.63, 3.8) is 0 Å². The number of H-pyrrole nitrogens is 1. The quantitative estimate of drug-likeness (QED) is 0.520. The molecule has 1 aliphatic rings. The SMILES string of the molecule is Cc1cc(-c2[nH]nc(-c3cnn(C4CCNCC4)c3)c2C(C)C)cn(N)c1=N. The largest absolute Gasteiger partial charge is 0.338 e. The van der Waals surface area contributed by atoms with Crippen LogP contribution in [0.4, 0.5) is 0 Å². The third-order valence-corrected chi connectivity index (χ3v) is 5.51. The third kappa shape index (κ3) is 3.24.